The number of rotatable bonds is 5. The molecule has 2 aliphatic heterocycles. The predicted octanol–water partition coefficient (Wildman–Crippen LogP) is 0.887. The van der Waals surface area contributed by atoms with Gasteiger partial charge in [-0.15, -0.1) is 0 Å². The summed E-state index contributed by atoms with van der Waals surface area (Å²) in [5.41, 5.74) is 1.87. The third-order valence-corrected chi connectivity index (χ3v) is 7.37. The molecule has 0 atom stereocenters. The lowest BCUT2D eigenvalue weighted by Gasteiger charge is -2.38. The molecule has 0 saturated carbocycles. The average molecular weight is 436 g/mol. The first-order valence-corrected chi connectivity index (χ1v) is 12.2. The molecule has 2 aromatic rings. The normalized spacial score (nSPS) is 20.0. The van der Waals surface area contributed by atoms with Crippen LogP contribution in [0, 0.1) is 5.92 Å². The molecule has 2 fully saturated rings. The molecule has 3 heterocycles. The van der Waals surface area contributed by atoms with Crippen molar-refractivity contribution in [3.8, 4) is 5.75 Å². The summed E-state index contributed by atoms with van der Waals surface area (Å²) in [7, 11) is -1.52. The molecular weight excluding hydrogens is 406 g/mol. The second kappa shape index (κ2) is 8.52. The van der Waals surface area contributed by atoms with Crippen molar-refractivity contribution in [3.05, 3.63) is 24.0 Å². The molecule has 4 rings (SSSR count). The van der Waals surface area contributed by atoms with Crippen LogP contribution in [0.3, 0.4) is 0 Å². The van der Waals surface area contributed by atoms with Crippen molar-refractivity contribution >= 4 is 27.0 Å². The first kappa shape index (κ1) is 21.1. The van der Waals surface area contributed by atoms with Gasteiger partial charge in [0.2, 0.25) is 15.9 Å². The van der Waals surface area contributed by atoms with E-state index < -0.39 is 10.0 Å². The Morgan fingerprint density at radius 2 is 1.87 bits per heavy atom. The number of carbonyl (C=O) groups excluding carboxylic acids is 1. The lowest BCUT2D eigenvalue weighted by Crippen LogP contribution is -2.51. The van der Waals surface area contributed by atoms with Crippen molar-refractivity contribution in [1.82, 2.24) is 24.1 Å². The van der Waals surface area contributed by atoms with Crippen molar-refractivity contribution in [2.75, 3.05) is 52.6 Å². The van der Waals surface area contributed by atoms with Gasteiger partial charge in [0.25, 0.3) is 0 Å². The lowest BCUT2D eigenvalue weighted by atomic mass is 9.96. The number of carbonyl (C=O) groups is 1. The summed E-state index contributed by atoms with van der Waals surface area (Å²) in [5, 5.41) is 0. The first-order valence-electron chi connectivity index (χ1n) is 10.3. The number of aromatic nitrogens is 2. The van der Waals surface area contributed by atoms with Crippen LogP contribution < -0.4 is 4.74 Å². The molecule has 0 bridgehead atoms. The number of aromatic amines is 1. The number of piperidine rings is 1. The van der Waals surface area contributed by atoms with E-state index in [9.17, 15) is 13.2 Å². The topological polar surface area (TPSA) is 98.8 Å². The summed E-state index contributed by atoms with van der Waals surface area (Å²) in [6.45, 7) is 4.57. The lowest BCUT2D eigenvalue weighted by molar-refractivity contribution is -0.138. The summed E-state index contributed by atoms with van der Waals surface area (Å²) in [4.78, 5) is 25.1. The fraction of sp³-hybridized carbons (Fsp3) is 0.600. The van der Waals surface area contributed by atoms with E-state index in [1.54, 1.807) is 7.11 Å². The SMILES string of the molecule is COc1ccc2nc(CN3CCN(C(=O)C4CCN(S(C)(=O)=O)CC4)CC3)[nH]c2c1. The van der Waals surface area contributed by atoms with Gasteiger partial charge in [-0.25, -0.2) is 17.7 Å². The van der Waals surface area contributed by atoms with E-state index in [1.807, 2.05) is 23.1 Å². The van der Waals surface area contributed by atoms with Gasteiger partial charge in [-0.2, -0.15) is 0 Å². The van der Waals surface area contributed by atoms with Crippen LogP contribution >= 0.6 is 0 Å². The molecule has 0 radical (unpaired) electrons. The number of sulfonamides is 1. The number of methoxy groups -OCH3 is 1. The van der Waals surface area contributed by atoms with E-state index in [-0.39, 0.29) is 11.8 Å². The molecule has 1 N–H and O–H groups in total. The van der Waals surface area contributed by atoms with Crippen molar-refractivity contribution in [1.29, 1.82) is 0 Å². The molecule has 2 aliphatic rings. The number of imidazole rings is 1. The molecule has 9 nitrogen and oxygen atoms in total. The van der Waals surface area contributed by atoms with E-state index >= 15 is 0 Å². The van der Waals surface area contributed by atoms with Crippen LogP contribution in [0.15, 0.2) is 18.2 Å². The highest BCUT2D eigenvalue weighted by Gasteiger charge is 2.32. The zero-order valence-corrected chi connectivity index (χ0v) is 18.3. The number of hydrogen-bond donors (Lipinski definition) is 1. The maximum atomic E-state index is 12.9. The van der Waals surface area contributed by atoms with Gasteiger partial charge in [-0.05, 0) is 25.0 Å². The molecule has 0 aliphatic carbocycles. The fourth-order valence-corrected chi connectivity index (χ4v) is 5.15. The summed E-state index contributed by atoms with van der Waals surface area (Å²) in [5.74, 6) is 1.80. The summed E-state index contributed by atoms with van der Waals surface area (Å²) in [6, 6.07) is 5.79. The van der Waals surface area contributed by atoms with E-state index in [2.05, 4.69) is 14.9 Å². The Hall–Kier alpha value is -2.17. The van der Waals surface area contributed by atoms with Gasteiger partial charge in [0.05, 0.1) is 30.9 Å². The number of amides is 1. The molecule has 2 saturated heterocycles. The van der Waals surface area contributed by atoms with Crippen molar-refractivity contribution in [3.63, 3.8) is 0 Å². The number of nitrogens with one attached hydrogen (secondary N) is 1. The van der Waals surface area contributed by atoms with E-state index in [4.69, 9.17) is 4.74 Å². The number of fused-ring (bicyclic) bond motifs is 1. The Labute approximate surface area is 177 Å². The second-order valence-electron chi connectivity index (χ2n) is 8.10. The smallest absolute Gasteiger partial charge is 0.225 e. The molecule has 0 spiro atoms. The molecule has 1 aromatic heterocycles. The van der Waals surface area contributed by atoms with Gasteiger partial charge in [-0.1, -0.05) is 0 Å². The highest BCUT2D eigenvalue weighted by Crippen LogP contribution is 2.23. The van der Waals surface area contributed by atoms with Gasteiger partial charge in [0.1, 0.15) is 11.6 Å². The Bertz CT molecular complexity index is 1010. The predicted molar refractivity (Wildman–Crippen MR) is 114 cm³/mol. The first-order chi connectivity index (χ1) is 14.3. The van der Waals surface area contributed by atoms with E-state index in [0.717, 1.165) is 35.7 Å². The van der Waals surface area contributed by atoms with E-state index in [0.29, 0.717) is 45.6 Å². The Morgan fingerprint density at radius 1 is 1.17 bits per heavy atom. The number of nitrogens with zero attached hydrogens (tertiary/aromatic N) is 4. The molecular formula is C20H29N5O4S. The third-order valence-electron chi connectivity index (χ3n) is 6.07. The van der Waals surface area contributed by atoms with Crippen LogP contribution in [-0.2, 0) is 21.4 Å². The van der Waals surface area contributed by atoms with Crippen LogP contribution in [-0.4, -0.2) is 91.0 Å². The zero-order chi connectivity index (χ0) is 21.3. The van der Waals surface area contributed by atoms with Gasteiger partial charge >= 0.3 is 0 Å². The molecule has 164 valence electrons. The molecule has 10 heteroatoms. The summed E-state index contributed by atoms with van der Waals surface area (Å²) >= 11 is 0. The van der Waals surface area contributed by atoms with Crippen molar-refractivity contribution in [2.24, 2.45) is 5.92 Å². The Kier molecular flexibility index (Phi) is 5.99. The quantitative estimate of drug-likeness (QED) is 0.749. The van der Waals surface area contributed by atoms with Crippen LogP contribution in [0.25, 0.3) is 11.0 Å². The van der Waals surface area contributed by atoms with Crippen LogP contribution in [0.2, 0.25) is 0 Å². The van der Waals surface area contributed by atoms with Crippen molar-refractivity contribution in [2.45, 2.75) is 19.4 Å². The van der Waals surface area contributed by atoms with Gasteiger partial charge in [0, 0.05) is 51.3 Å². The third kappa shape index (κ3) is 4.60. The summed E-state index contributed by atoms with van der Waals surface area (Å²) in [6.07, 6.45) is 2.44. The minimum atomic E-state index is -3.16. The number of H-pyrrole nitrogens is 1. The summed E-state index contributed by atoms with van der Waals surface area (Å²) < 4.78 is 30.0. The van der Waals surface area contributed by atoms with Gasteiger partial charge in [0.15, 0.2) is 0 Å². The van der Waals surface area contributed by atoms with Gasteiger partial charge in [-0.3, -0.25) is 9.69 Å². The van der Waals surface area contributed by atoms with E-state index in [1.165, 1.54) is 10.6 Å². The van der Waals surface area contributed by atoms with Gasteiger partial charge < -0.3 is 14.6 Å². The van der Waals surface area contributed by atoms with Crippen LogP contribution in [0.5, 0.6) is 5.75 Å². The highest BCUT2D eigenvalue weighted by molar-refractivity contribution is 7.88. The fourth-order valence-electron chi connectivity index (χ4n) is 4.27. The Morgan fingerprint density at radius 3 is 2.50 bits per heavy atom. The highest BCUT2D eigenvalue weighted by atomic mass is 32.2. The number of benzene rings is 1. The minimum absolute atomic E-state index is 0.0695. The maximum Gasteiger partial charge on any atom is 0.225 e. The molecule has 1 amide bonds. The zero-order valence-electron chi connectivity index (χ0n) is 17.5. The Balaban J connectivity index is 1.28. The van der Waals surface area contributed by atoms with Crippen molar-refractivity contribution < 1.29 is 17.9 Å². The molecule has 0 unspecified atom stereocenters. The number of hydrogen-bond acceptors (Lipinski definition) is 6. The minimum Gasteiger partial charge on any atom is -0.497 e. The molecule has 1 aromatic carbocycles. The van der Waals surface area contributed by atoms with Crippen LogP contribution in [0.4, 0.5) is 0 Å². The largest absolute Gasteiger partial charge is 0.497 e. The second-order valence-corrected chi connectivity index (χ2v) is 10.1. The average Bonchev–Trinajstić information content (AvgIpc) is 3.14. The molecule has 30 heavy (non-hydrogen) atoms. The monoisotopic (exact) mass is 435 g/mol. The number of piperazine rings is 1. The standard InChI is InChI=1S/C20H29N5O4S/c1-29-16-3-4-17-18(13-16)22-19(21-17)14-23-9-11-24(12-10-23)20(26)15-5-7-25(8-6-15)30(2,27)28/h3-4,13,15H,5-12,14H2,1-2H3,(H,21,22). The van der Waals surface area contributed by atoms with Crippen LogP contribution in [0.1, 0.15) is 18.7 Å². The maximum absolute atomic E-state index is 12.9. The number of ether oxygens (including phenoxy) is 1.